The van der Waals surface area contributed by atoms with Crippen LogP contribution in [0.3, 0.4) is 0 Å². The van der Waals surface area contributed by atoms with Crippen molar-refractivity contribution >= 4 is 35.6 Å². The van der Waals surface area contributed by atoms with Crippen molar-refractivity contribution in [1.82, 2.24) is 26.3 Å². The summed E-state index contributed by atoms with van der Waals surface area (Å²) in [5, 5.41) is 8.09. The van der Waals surface area contributed by atoms with Gasteiger partial charge in [0, 0.05) is 24.6 Å². The summed E-state index contributed by atoms with van der Waals surface area (Å²) in [7, 11) is 1.30. The SMILES string of the molecule is CCC[C@H](NC(=O)[C@@H]1C[C@]2(C=C(CCC(=O)OC)NO2)CN1C(=O)[C@@H](NC(=O)O[C@H]1CCOC1)C(C)(C)C)C(=O)C(=O)NC1CC1. The minimum absolute atomic E-state index is 0.0152. The lowest BCUT2D eigenvalue weighted by Crippen LogP contribution is -2.59. The van der Waals surface area contributed by atoms with Gasteiger partial charge in [-0.15, -0.1) is 0 Å². The minimum Gasteiger partial charge on any atom is -0.469 e. The molecule has 5 atom stereocenters. The van der Waals surface area contributed by atoms with E-state index in [2.05, 4.69) is 21.4 Å². The number of esters is 1. The van der Waals surface area contributed by atoms with E-state index in [-0.39, 0.29) is 44.9 Å². The van der Waals surface area contributed by atoms with Gasteiger partial charge in [-0.05, 0) is 37.2 Å². The van der Waals surface area contributed by atoms with Crippen molar-refractivity contribution in [1.29, 1.82) is 0 Å². The first kappa shape index (κ1) is 35.1. The maximum Gasteiger partial charge on any atom is 0.408 e. The Kier molecular flexibility index (Phi) is 11.3. The Balaban J connectivity index is 1.57. The van der Waals surface area contributed by atoms with E-state index >= 15 is 0 Å². The summed E-state index contributed by atoms with van der Waals surface area (Å²) in [5.41, 5.74) is 1.47. The molecule has 1 saturated carbocycles. The summed E-state index contributed by atoms with van der Waals surface area (Å²) in [6.07, 6.45) is 3.83. The lowest BCUT2D eigenvalue weighted by atomic mass is 9.85. The highest BCUT2D eigenvalue weighted by Crippen LogP contribution is 2.37. The van der Waals surface area contributed by atoms with Crippen LogP contribution in [0.2, 0.25) is 0 Å². The fourth-order valence-corrected chi connectivity index (χ4v) is 5.74. The zero-order chi connectivity index (χ0) is 33.6. The van der Waals surface area contributed by atoms with E-state index in [0.717, 1.165) is 12.8 Å². The molecule has 4 N–H and O–H groups in total. The van der Waals surface area contributed by atoms with Gasteiger partial charge in [-0.2, -0.15) is 0 Å². The van der Waals surface area contributed by atoms with E-state index in [4.69, 9.17) is 19.0 Å². The van der Waals surface area contributed by atoms with E-state index in [9.17, 15) is 28.8 Å². The number of allylic oxidation sites excluding steroid dienone is 1. The number of carbonyl (C=O) groups is 6. The van der Waals surface area contributed by atoms with Gasteiger partial charge < -0.3 is 35.1 Å². The molecule has 4 rings (SSSR count). The monoisotopic (exact) mass is 649 g/mol. The molecule has 4 aliphatic rings. The summed E-state index contributed by atoms with van der Waals surface area (Å²) < 4.78 is 15.5. The number of likely N-dealkylation sites (tertiary alicyclic amines) is 1. The molecule has 1 aliphatic carbocycles. The molecule has 3 aliphatic heterocycles. The number of amides is 4. The van der Waals surface area contributed by atoms with E-state index in [1.807, 2.05) is 6.92 Å². The van der Waals surface area contributed by atoms with Crippen LogP contribution < -0.4 is 21.4 Å². The van der Waals surface area contributed by atoms with Crippen LogP contribution in [0.1, 0.15) is 79.1 Å². The van der Waals surface area contributed by atoms with Crippen molar-refractivity contribution < 1.29 is 47.8 Å². The normalized spacial score (nSPS) is 25.2. The van der Waals surface area contributed by atoms with Gasteiger partial charge in [0.2, 0.25) is 17.6 Å². The highest BCUT2D eigenvalue weighted by atomic mass is 16.7. The fraction of sp³-hybridized carbons (Fsp3) is 0.742. The number of ether oxygens (including phenoxy) is 3. The molecule has 3 fully saturated rings. The fourth-order valence-electron chi connectivity index (χ4n) is 5.74. The number of nitrogens with zero attached hydrogens (tertiary/aromatic N) is 1. The molecular formula is C31H47N5O10. The van der Waals surface area contributed by atoms with Gasteiger partial charge >= 0.3 is 12.1 Å². The van der Waals surface area contributed by atoms with Crippen LogP contribution in [0.15, 0.2) is 11.8 Å². The van der Waals surface area contributed by atoms with Crippen LogP contribution in [-0.4, -0.2) is 103 Å². The minimum atomic E-state index is -1.14. The standard InChI is InChI=1S/C31H47N5O10/c1-6-7-21(24(38)27(40)32-18-8-9-18)33-26(39)22-15-31(14-19(35-46-31)10-11-23(37)43-5)17-36(22)28(41)25(30(2,3)4)34-29(42)45-20-12-13-44-16-20/h14,18,20-22,25,35H,6-13,15-17H2,1-5H3,(H,32,40)(H,33,39)(H,34,42)/t20-,21-,22-,25+,31+/m0/s1. The zero-order valence-corrected chi connectivity index (χ0v) is 27.3. The Labute approximate surface area is 268 Å². The van der Waals surface area contributed by atoms with Gasteiger partial charge in [-0.25, -0.2) is 4.79 Å². The van der Waals surface area contributed by atoms with E-state index in [1.165, 1.54) is 12.0 Å². The third kappa shape index (κ3) is 8.96. The lowest BCUT2D eigenvalue weighted by molar-refractivity contribution is -0.144. The van der Waals surface area contributed by atoms with Crippen molar-refractivity contribution in [3.05, 3.63) is 11.8 Å². The number of ketones is 1. The molecule has 2 saturated heterocycles. The summed E-state index contributed by atoms with van der Waals surface area (Å²) >= 11 is 0. The number of alkyl carbamates (subject to hydrolysis) is 1. The molecule has 4 amide bonds. The van der Waals surface area contributed by atoms with Crippen LogP contribution in [0.5, 0.6) is 0 Å². The first-order valence-electron chi connectivity index (χ1n) is 16.0. The summed E-state index contributed by atoms with van der Waals surface area (Å²) in [4.78, 5) is 85.7. The van der Waals surface area contributed by atoms with Crippen LogP contribution in [-0.2, 0) is 43.0 Å². The Morgan fingerprint density at radius 1 is 1.13 bits per heavy atom. The molecule has 0 aromatic rings. The zero-order valence-electron chi connectivity index (χ0n) is 27.3. The number of rotatable bonds is 13. The molecule has 0 bridgehead atoms. The van der Waals surface area contributed by atoms with Gasteiger partial charge in [0.05, 0.1) is 39.3 Å². The first-order chi connectivity index (χ1) is 21.7. The van der Waals surface area contributed by atoms with Crippen molar-refractivity contribution in [3.8, 4) is 0 Å². The number of hydrogen-bond acceptors (Lipinski definition) is 11. The third-order valence-corrected chi connectivity index (χ3v) is 8.47. The number of methoxy groups -OCH3 is 1. The Morgan fingerprint density at radius 2 is 1.87 bits per heavy atom. The average molecular weight is 650 g/mol. The van der Waals surface area contributed by atoms with Crippen molar-refractivity contribution in [2.75, 3.05) is 26.9 Å². The topological polar surface area (TPSA) is 191 Å². The van der Waals surface area contributed by atoms with Crippen LogP contribution in [0.4, 0.5) is 4.79 Å². The van der Waals surface area contributed by atoms with Gasteiger partial charge in [0.1, 0.15) is 23.8 Å². The van der Waals surface area contributed by atoms with Crippen molar-refractivity contribution in [3.63, 3.8) is 0 Å². The smallest absolute Gasteiger partial charge is 0.408 e. The van der Waals surface area contributed by atoms with E-state index in [1.54, 1.807) is 26.8 Å². The number of Topliss-reactive ketones (excluding diaryl/α,β-unsaturated/α-hetero) is 1. The van der Waals surface area contributed by atoms with Crippen LogP contribution in [0.25, 0.3) is 0 Å². The van der Waals surface area contributed by atoms with Crippen LogP contribution in [0, 0.1) is 5.41 Å². The third-order valence-electron chi connectivity index (χ3n) is 8.47. The van der Waals surface area contributed by atoms with E-state index < -0.39 is 70.8 Å². The maximum absolute atomic E-state index is 14.3. The molecule has 1 spiro atoms. The van der Waals surface area contributed by atoms with Crippen molar-refractivity contribution in [2.45, 2.75) is 115 Å². The second kappa shape index (κ2) is 14.8. The second-order valence-corrected chi connectivity index (χ2v) is 13.5. The molecule has 15 heteroatoms. The molecule has 15 nitrogen and oxygen atoms in total. The quantitative estimate of drug-likeness (QED) is 0.163. The highest BCUT2D eigenvalue weighted by molar-refractivity contribution is 6.38. The van der Waals surface area contributed by atoms with E-state index in [0.29, 0.717) is 25.1 Å². The molecule has 46 heavy (non-hydrogen) atoms. The first-order valence-corrected chi connectivity index (χ1v) is 16.0. The van der Waals surface area contributed by atoms with Crippen LogP contribution >= 0.6 is 0 Å². The van der Waals surface area contributed by atoms with Gasteiger partial charge in [-0.3, -0.25) is 34.3 Å². The average Bonchev–Trinajstić information content (AvgIpc) is 3.36. The Morgan fingerprint density at radius 3 is 2.48 bits per heavy atom. The number of hydroxylamine groups is 1. The molecule has 256 valence electrons. The summed E-state index contributed by atoms with van der Waals surface area (Å²) in [6.45, 7) is 7.85. The molecule has 0 radical (unpaired) electrons. The van der Waals surface area contributed by atoms with Gasteiger partial charge in [0.25, 0.3) is 5.91 Å². The summed E-state index contributed by atoms with van der Waals surface area (Å²) in [5.74, 6) is -3.08. The molecular weight excluding hydrogens is 602 g/mol. The highest BCUT2D eigenvalue weighted by Gasteiger charge is 2.54. The molecule has 0 unspecified atom stereocenters. The summed E-state index contributed by atoms with van der Waals surface area (Å²) in [6, 6.07) is -3.32. The Bertz CT molecular complexity index is 1220. The van der Waals surface area contributed by atoms with Gasteiger partial charge in [-0.1, -0.05) is 34.1 Å². The number of nitrogens with one attached hydrogen (secondary N) is 4. The maximum atomic E-state index is 14.3. The second-order valence-electron chi connectivity index (χ2n) is 13.5. The lowest BCUT2D eigenvalue weighted by Gasteiger charge is -2.35. The molecule has 0 aromatic carbocycles. The van der Waals surface area contributed by atoms with Crippen molar-refractivity contribution in [2.24, 2.45) is 5.41 Å². The Hall–Kier alpha value is -3.72. The number of hydrogen-bond donors (Lipinski definition) is 4. The van der Waals surface area contributed by atoms with Gasteiger partial charge in [0.15, 0.2) is 0 Å². The molecule has 0 aromatic heterocycles. The largest absolute Gasteiger partial charge is 0.469 e. The number of carbonyl (C=O) groups excluding carboxylic acids is 6. The predicted octanol–water partition coefficient (Wildman–Crippen LogP) is 0.760. The predicted molar refractivity (Wildman–Crippen MR) is 161 cm³/mol. The molecule has 3 heterocycles.